The summed E-state index contributed by atoms with van der Waals surface area (Å²) in [5.41, 5.74) is 12.0. The van der Waals surface area contributed by atoms with E-state index in [1.54, 1.807) is 0 Å². The van der Waals surface area contributed by atoms with Gasteiger partial charge in [-0.1, -0.05) is 176 Å². The van der Waals surface area contributed by atoms with Crippen LogP contribution in [0, 0.1) is 0 Å². The molecule has 0 fully saturated rings. The van der Waals surface area contributed by atoms with Gasteiger partial charge in [-0.15, -0.1) is 11.3 Å². The molecule has 0 bridgehead atoms. The minimum absolute atomic E-state index is 0.631. The zero-order chi connectivity index (χ0) is 36.6. The van der Waals surface area contributed by atoms with E-state index >= 15 is 0 Å². The number of thiophene rings is 1. The first-order chi connectivity index (χ1) is 27.2. The molecule has 258 valence electrons. The van der Waals surface area contributed by atoms with E-state index < -0.39 is 0 Å². The fourth-order valence-electron chi connectivity index (χ4n) is 7.34. The molecule has 10 rings (SSSR count). The molecule has 0 aliphatic rings. The van der Waals surface area contributed by atoms with Crippen molar-refractivity contribution in [1.82, 2.24) is 15.0 Å². The lowest BCUT2D eigenvalue weighted by Crippen LogP contribution is -2.01. The van der Waals surface area contributed by atoms with Gasteiger partial charge in [0, 0.05) is 36.9 Å². The molecule has 0 radical (unpaired) electrons. The summed E-state index contributed by atoms with van der Waals surface area (Å²) in [4.78, 5) is 15.4. The molecule has 0 spiro atoms. The smallest absolute Gasteiger partial charge is 0.164 e. The Bertz CT molecular complexity index is 2950. The topological polar surface area (TPSA) is 38.7 Å². The fraction of sp³-hybridized carbons (Fsp3) is 0. The summed E-state index contributed by atoms with van der Waals surface area (Å²) in [5, 5.41) is 2.63. The minimum Gasteiger partial charge on any atom is -0.208 e. The van der Waals surface area contributed by atoms with Crippen LogP contribution in [-0.4, -0.2) is 15.0 Å². The van der Waals surface area contributed by atoms with E-state index in [-0.39, 0.29) is 0 Å². The van der Waals surface area contributed by atoms with Crippen molar-refractivity contribution in [1.29, 1.82) is 0 Å². The van der Waals surface area contributed by atoms with Crippen LogP contribution in [0.2, 0.25) is 0 Å². The largest absolute Gasteiger partial charge is 0.208 e. The molecule has 0 amide bonds. The molecule has 8 aromatic carbocycles. The van der Waals surface area contributed by atoms with E-state index in [2.05, 4.69) is 182 Å². The zero-order valence-electron chi connectivity index (χ0n) is 29.8. The SMILES string of the molecule is c1ccc(-c2cccc(-c3nc(-c4ccc(-c5ccc(-c6ccc7sc8ccccc8c7c6)cc5)cc4)nc(-c4ccccc4-c4ccccc4)n3)c2)cc1. The van der Waals surface area contributed by atoms with Crippen LogP contribution in [0.4, 0.5) is 0 Å². The quantitative estimate of drug-likeness (QED) is 0.165. The summed E-state index contributed by atoms with van der Waals surface area (Å²) in [6.07, 6.45) is 0. The van der Waals surface area contributed by atoms with Crippen molar-refractivity contribution in [3.8, 4) is 78.7 Å². The normalized spacial score (nSPS) is 11.3. The van der Waals surface area contributed by atoms with Crippen LogP contribution in [0.15, 0.2) is 200 Å². The van der Waals surface area contributed by atoms with Gasteiger partial charge in [-0.3, -0.25) is 0 Å². The Hall–Kier alpha value is -7.01. The maximum absolute atomic E-state index is 5.13. The molecule has 4 heteroatoms. The van der Waals surface area contributed by atoms with Crippen LogP contribution in [0.3, 0.4) is 0 Å². The lowest BCUT2D eigenvalue weighted by molar-refractivity contribution is 1.07. The highest BCUT2D eigenvalue weighted by Crippen LogP contribution is 2.37. The molecule has 0 saturated carbocycles. The Morgan fingerprint density at radius 1 is 0.255 bits per heavy atom. The molecule has 0 atom stereocenters. The number of nitrogens with zero attached hydrogens (tertiary/aromatic N) is 3. The molecule has 10 aromatic rings. The van der Waals surface area contributed by atoms with Crippen LogP contribution >= 0.6 is 11.3 Å². The first kappa shape index (κ1) is 32.6. The minimum atomic E-state index is 0.631. The summed E-state index contributed by atoms with van der Waals surface area (Å²) in [6, 6.07) is 70.5. The second-order valence-electron chi connectivity index (χ2n) is 13.6. The third kappa shape index (κ3) is 6.39. The van der Waals surface area contributed by atoms with Crippen molar-refractivity contribution in [2.45, 2.75) is 0 Å². The van der Waals surface area contributed by atoms with Crippen LogP contribution in [0.25, 0.3) is 98.8 Å². The van der Waals surface area contributed by atoms with E-state index in [1.807, 2.05) is 29.5 Å². The molecule has 55 heavy (non-hydrogen) atoms. The van der Waals surface area contributed by atoms with E-state index in [0.29, 0.717) is 17.5 Å². The van der Waals surface area contributed by atoms with Gasteiger partial charge in [-0.25, -0.2) is 15.0 Å². The van der Waals surface area contributed by atoms with Crippen molar-refractivity contribution in [2.24, 2.45) is 0 Å². The lowest BCUT2D eigenvalue weighted by Gasteiger charge is -2.13. The van der Waals surface area contributed by atoms with Crippen molar-refractivity contribution >= 4 is 31.5 Å². The van der Waals surface area contributed by atoms with Crippen LogP contribution in [0.5, 0.6) is 0 Å². The van der Waals surface area contributed by atoms with Gasteiger partial charge in [-0.05, 0) is 68.8 Å². The van der Waals surface area contributed by atoms with Crippen molar-refractivity contribution in [2.75, 3.05) is 0 Å². The van der Waals surface area contributed by atoms with Crippen LogP contribution in [-0.2, 0) is 0 Å². The van der Waals surface area contributed by atoms with Gasteiger partial charge in [0.25, 0.3) is 0 Å². The van der Waals surface area contributed by atoms with Crippen molar-refractivity contribution in [3.05, 3.63) is 200 Å². The summed E-state index contributed by atoms with van der Waals surface area (Å²) in [6.45, 7) is 0. The maximum atomic E-state index is 5.13. The van der Waals surface area contributed by atoms with E-state index in [9.17, 15) is 0 Å². The molecular formula is C51H33N3S. The average molecular weight is 720 g/mol. The first-order valence-electron chi connectivity index (χ1n) is 18.4. The maximum Gasteiger partial charge on any atom is 0.164 e. The first-order valence-corrected chi connectivity index (χ1v) is 19.2. The van der Waals surface area contributed by atoms with Gasteiger partial charge in [0.1, 0.15) is 0 Å². The summed E-state index contributed by atoms with van der Waals surface area (Å²) >= 11 is 1.85. The summed E-state index contributed by atoms with van der Waals surface area (Å²) < 4.78 is 2.65. The van der Waals surface area contributed by atoms with Gasteiger partial charge in [0.2, 0.25) is 0 Å². The zero-order valence-corrected chi connectivity index (χ0v) is 30.6. The van der Waals surface area contributed by atoms with E-state index in [1.165, 1.54) is 31.3 Å². The predicted octanol–water partition coefficient (Wildman–Crippen LogP) is 13.9. The summed E-state index contributed by atoms with van der Waals surface area (Å²) in [5.74, 6) is 1.90. The highest BCUT2D eigenvalue weighted by molar-refractivity contribution is 7.25. The van der Waals surface area contributed by atoms with Gasteiger partial charge >= 0.3 is 0 Å². The molecule has 0 unspecified atom stereocenters. The van der Waals surface area contributed by atoms with Crippen molar-refractivity contribution < 1.29 is 0 Å². The number of fused-ring (bicyclic) bond motifs is 3. The fourth-order valence-corrected chi connectivity index (χ4v) is 8.43. The second kappa shape index (κ2) is 14.1. The number of aromatic nitrogens is 3. The average Bonchev–Trinajstić information content (AvgIpc) is 3.65. The molecular weight excluding hydrogens is 687 g/mol. The van der Waals surface area contributed by atoms with E-state index in [0.717, 1.165) is 50.1 Å². The molecule has 2 heterocycles. The molecule has 0 N–H and O–H groups in total. The number of hydrogen-bond donors (Lipinski definition) is 0. The van der Waals surface area contributed by atoms with Gasteiger partial charge < -0.3 is 0 Å². The number of rotatable bonds is 7. The lowest BCUT2D eigenvalue weighted by atomic mass is 9.98. The Kier molecular flexibility index (Phi) is 8.36. The van der Waals surface area contributed by atoms with Gasteiger partial charge in [-0.2, -0.15) is 0 Å². The highest BCUT2D eigenvalue weighted by atomic mass is 32.1. The highest BCUT2D eigenvalue weighted by Gasteiger charge is 2.16. The number of hydrogen-bond acceptors (Lipinski definition) is 4. The van der Waals surface area contributed by atoms with E-state index in [4.69, 9.17) is 15.0 Å². The van der Waals surface area contributed by atoms with Gasteiger partial charge in [0.15, 0.2) is 17.5 Å². The van der Waals surface area contributed by atoms with Crippen molar-refractivity contribution in [3.63, 3.8) is 0 Å². The van der Waals surface area contributed by atoms with Crippen LogP contribution < -0.4 is 0 Å². The Labute approximate surface area is 323 Å². The third-order valence-electron chi connectivity index (χ3n) is 10.2. The molecule has 2 aromatic heterocycles. The molecule has 3 nitrogen and oxygen atoms in total. The third-order valence-corrected chi connectivity index (χ3v) is 11.3. The monoisotopic (exact) mass is 719 g/mol. The Morgan fingerprint density at radius 3 is 1.44 bits per heavy atom. The molecule has 0 saturated heterocycles. The Morgan fingerprint density at radius 2 is 0.709 bits per heavy atom. The summed E-state index contributed by atoms with van der Waals surface area (Å²) in [7, 11) is 0. The standard InChI is InChI=1S/C51H33N3S/c1-3-12-34(13-4-1)40-16-11-17-42(32-40)50-52-49(53-51(54-50)45-20-8-7-18-43(45)38-14-5-2-6-15-38)39-28-26-36(27-29-39)35-22-24-37(25-23-35)41-30-31-48-46(33-41)44-19-9-10-21-47(44)55-48/h1-33H. The molecule has 0 aliphatic carbocycles. The number of benzene rings is 8. The Balaban J connectivity index is 1.01. The molecule has 0 aliphatic heterocycles. The predicted molar refractivity (Wildman–Crippen MR) is 231 cm³/mol. The van der Waals surface area contributed by atoms with Crippen LogP contribution in [0.1, 0.15) is 0 Å². The van der Waals surface area contributed by atoms with Gasteiger partial charge in [0.05, 0.1) is 0 Å². The second-order valence-corrected chi connectivity index (χ2v) is 14.7.